The van der Waals surface area contributed by atoms with Gasteiger partial charge < -0.3 is 10.1 Å². The Hall–Kier alpha value is -0.980. The highest BCUT2D eigenvalue weighted by Gasteiger charge is 2.34. The van der Waals surface area contributed by atoms with Crippen LogP contribution in [0.1, 0.15) is 12.5 Å². The predicted molar refractivity (Wildman–Crippen MR) is 76.8 cm³/mol. The van der Waals surface area contributed by atoms with Crippen molar-refractivity contribution in [3.8, 4) is 0 Å². The fraction of sp³-hybridized carbons (Fsp3) is 0.571. The van der Waals surface area contributed by atoms with Crippen molar-refractivity contribution in [2.45, 2.75) is 19.2 Å². The average molecular weight is 323 g/mol. The number of benzene rings is 1. The fourth-order valence-electron chi connectivity index (χ4n) is 2.35. The lowest BCUT2D eigenvalue weighted by molar-refractivity contribution is -0.137. The van der Waals surface area contributed by atoms with Crippen LogP contribution in [0.3, 0.4) is 0 Å². The number of morpholine rings is 1. The molecule has 1 atom stereocenters. The van der Waals surface area contributed by atoms with Gasteiger partial charge in [0.1, 0.15) is 0 Å². The van der Waals surface area contributed by atoms with Crippen molar-refractivity contribution in [1.82, 2.24) is 4.90 Å². The topological polar surface area (TPSA) is 24.5 Å². The molecule has 3 nitrogen and oxygen atoms in total. The summed E-state index contributed by atoms with van der Waals surface area (Å²) in [5, 5.41) is 2.86. The van der Waals surface area contributed by atoms with Crippen LogP contribution in [0.5, 0.6) is 0 Å². The van der Waals surface area contributed by atoms with E-state index in [0.717, 1.165) is 19.2 Å². The van der Waals surface area contributed by atoms with Gasteiger partial charge in [-0.3, -0.25) is 4.90 Å². The molecule has 1 fully saturated rings. The van der Waals surface area contributed by atoms with Crippen LogP contribution in [0.4, 0.5) is 18.9 Å². The van der Waals surface area contributed by atoms with E-state index in [1.807, 2.05) is 6.92 Å². The molecule has 118 valence electrons. The van der Waals surface area contributed by atoms with Crippen molar-refractivity contribution in [2.75, 3.05) is 38.1 Å². The summed E-state index contributed by atoms with van der Waals surface area (Å²) in [7, 11) is 0. The number of rotatable bonds is 4. The van der Waals surface area contributed by atoms with Gasteiger partial charge >= 0.3 is 6.18 Å². The summed E-state index contributed by atoms with van der Waals surface area (Å²) in [4.78, 5) is 2.20. The Labute approximate surface area is 127 Å². The Morgan fingerprint density at radius 2 is 2.19 bits per heavy atom. The summed E-state index contributed by atoms with van der Waals surface area (Å²) in [6.07, 6.45) is -4.58. The monoisotopic (exact) mass is 322 g/mol. The van der Waals surface area contributed by atoms with Crippen LogP contribution in [0.25, 0.3) is 0 Å². The van der Waals surface area contributed by atoms with Gasteiger partial charge in [0.2, 0.25) is 0 Å². The molecule has 1 heterocycles. The van der Waals surface area contributed by atoms with E-state index in [9.17, 15) is 13.2 Å². The van der Waals surface area contributed by atoms with Crippen LogP contribution < -0.4 is 5.32 Å². The molecule has 2 rings (SSSR count). The van der Waals surface area contributed by atoms with Gasteiger partial charge in [-0.2, -0.15) is 13.2 Å². The van der Waals surface area contributed by atoms with Gasteiger partial charge in [0.05, 0.1) is 29.0 Å². The second-order valence-electron chi connectivity index (χ2n) is 4.93. The Balaban J connectivity index is 2.06. The highest BCUT2D eigenvalue weighted by molar-refractivity contribution is 6.33. The molecular formula is C14H18ClF3N2O. The van der Waals surface area contributed by atoms with Crippen LogP contribution in [0.15, 0.2) is 18.2 Å². The molecule has 0 bridgehead atoms. The van der Waals surface area contributed by atoms with Crippen molar-refractivity contribution in [3.63, 3.8) is 0 Å². The van der Waals surface area contributed by atoms with E-state index < -0.39 is 11.7 Å². The summed E-state index contributed by atoms with van der Waals surface area (Å²) in [6.45, 7) is 5.39. The number of halogens is 4. The Morgan fingerprint density at radius 3 is 2.86 bits per heavy atom. The van der Waals surface area contributed by atoms with Crippen LogP contribution in [0.2, 0.25) is 5.02 Å². The Kier molecular flexibility index (Phi) is 5.35. The minimum Gasteiger partial charge on any atom is -0.381 e. The number of hydrogen-bond donors (Lipinski definition) is 1. The van der Waals surface area contributed by atoms with Gasteiger partial charge in [-0.1, -0.05) is 24.6 Å². The summed E-state index contributed by atoms with van der Waals surface area (Å²) in [5.41, 5.74) is -0.831. The molecule has 0 radical (unpaired) electrons. The normalized spacial score (nSPS) is 20.5. The smallest absolute Gasteiger partial charge is 0.381 e. The average Bonchev–Trinajstić information content (AvgIpc) is 2.45. The van der Waals surface area contributed by atoms with Gasteiger partial charge in [0.25, 0.3) is 0 Å². The van der Waals surface area contributed by atoms with Gasteiger partial charge in [0.15, 0.2) is 0 Å². The molecule has 0 amide bonds. The van der Waals surface area contributed by atoms with Gasteiger partial charge in [-0.15, -0.1) is 0 Å². The zero-order chi connectivity index (χ0) is 15.5. The number of para-hydroxylation sites is 1. The molecule has 1 saturated heterocycles. The third kappa shape index (κ3) is 4.25. The molecule has 1 N–H and O–H groups in total. The number of anilines is 1. The molecule has 0 aliphatic carbocycles. The van der Waals surface area contributed by atoms with Crippen LogP contribution in [-0.2, 0) is 10.9 Å². The predicted octanol–water partition coefficient (Wildman–Crippen LogP) is 3.49. The molecule has 7 heteroatoms. The number of likely N-dealkylation sites (N-methyl/N-ethyl adjacent to an activating group) is 1. The molecule has 1 aromatic rings. The van der Waals surface area contributed by atoms with Gasteiger partial charge in [-0.05, 0) is 18.7 Å². The van der Waals surface area contributed by atoms with Crippen molar-refractivity contribution < 1.29 is 17.9 Å². The van der Waals surface area contributed by atoms with Crippen molar-refractivity contribution >= 4 is 17.3 Å². The molecule has 0 aromatic heterocycles. The van der Waals surface area contributed by atoms with E-state index in [1.54, 1.807) is 0 Å². The number of nitrogens with one attached hydrogen (secondary N) is 1. The summed E-state index contributed by atoms with van der Waals surface area (Å²) >= 11 is 5.90. The SMILES string of the molecule is CCN1CCOC(CNc2c(Cl)cccc2C(F)(F)F)C1. The van der Waals surface area contributed by atoms with Crippen LogP contribution in [0, 0.1) is 0 Å². The molecule has 1 aliphatic heterocycles. The molecule has 1 unspecified atom stereocenters. The minimum atomic E-state index is -4.43. The van der Waals surface area contributed by atoms with E-state index >= 15 is 0 Å². The first-order chi connectivity index (χ1) is 9.91. The van der Waals surface area contributed by atoms with E-state index in [1.165, 1.54) is 12.1 Å². The van der Waals surface area contributed by atoms with Gasteiger partial charge in [0, 0.05) is 19.6 Å². The zero-order valence-electron chi connectivity index (χ0n) is 11.7. The second-order valence-corrected chi connectivity index (χ2v) is 5.33. The van der Waals surface area contributed by atoms with Gasteiger partial charge in [-0.25, -0.2) is 0 Å². The maximum absolute atomic E-state index is 13.0. The summed E-state index contributed by atoms with van der Waals surface area (Å²) in [6, 6.07) is 3.76. The van der Waals surface area contributed by atoms with Crippen molar-refractivity contribution in [1.29, 1.82) is 0 Å². The van der Waals surface area contributed by atoms with Crippen LogP contribution >= 0.6 is 11.6 Å². The number of alkyl halides is 3. The summed E-state index contributed by atoms with van der Waals surface area (Å²) in [5.74, 6) is 0. The number of hydrogen-bond acceptors (Lipinski definition) is 3. The first-order valence-electron chi connectivity index (χ1n) is 6.85. The van der Waals surface area contributed by atoms with E-state index in [-0.39, 0.29) is 16.8 Å². The molecular weight excluding hydrogens is 305 g/mol. The number of ether oxygens (including phenoxy) is 1. The molecule has 0 saturated carbocycles. The highest BCUT2D eigenvalue weighted by atomic mass is 35.5. The Bertz CT molecular complexity index is 482. The van der Waals surface area contributed by atoms with E-state index in [2.05, 4.69) is 10.2 Å². The lowest BCUT2D eigenvalue weighted by atomic mass is 10.1. The molecule has 1 aromatic carbocycles. The molecule has 1 aliphatic rings. The lowest BCUT2D eigenvalue weighted by Gasteiger charge is -2.32. The molecule has 0 spiro atoms. The maximum atomic E-state index is 13.0. The second kappa shape index (κ2) is 6.85. The summed E-state index contributed by atoms with van der Waals surface area (Å²) < 4.78 is 44.5. The first-order valence-corrected chi connectivity index (χ1v) is 7.23. The van der Waals surface area contributed by atoms with Crippen molar-refractivity contribution in [3.05, 3.63) is 28.8 Å². The fourth-order valence-corrected chi connectivity index (χ4v) is 2.59. The highest BCUT2D eigenvalue weighted by Crippen LogP contribution is 2.38. The quantitative estimate of drug-likeness (QED) is 0.918. The zero-order valence-corrected chi connectivity index (χ0v) is 12.5. The van der Waals surface area contributed by atoms with E-state index in [4.69, 9.17) is 16.3 Å². The number of nitrogens with zero attached hydrogens (tertiary/aromatic N) is 1. The standard InChI is InChI=1S/C14H18ClF3N2O/c1-2-20-6-7-21-10(9-20)8-19-13-11(14(16,17)18)4-3-5-12(13)15/h3-5,10,19H,2,6-9H2,1H3. The third-order valence-corrected chi connectivity index (χ3v) is 3.81. The Morgan fingerprint density at radius 1 is 1.43 bits per heavy atom. The van der Waals surface area contributed by atoms with Crippen LogP contribution in [-0.4, -0.2) is 43.8 Å². The first kappa shape index (κ1) is 16.4. The van der Waals surface area contributed by atoms with E-state index in [0.29, 0.717) is 19.7 Å². The third-order valence-electron chi connectivity index (χ3n) is 3.50. The molecule has 21 heavy (non-hydrogen) atoms. The largest absolute Gasteiger partial charge is 0.418 e. The minimum absolute atomic E-state index is 0.0629. The maximum Gasteiger partial charge on any atom is 0.418 e. The van der Waals surface area contributed by atoms with Crippen molar-refractivity contribution in [2.24, 2.45) is 0 Å². The lowest BCUT2D eigenvalue weighted by Crippen LogP contribution is -2.45.